The summed E-state index contributed by atoms with van der Waals surface area (Å²) in [6.07, 6.45) is 1.11. The second kappa shape index (κ2) is 6.02. The quantitative estimate of drug-likeness (QED) is 0.364. The van der Waals surface area contributed by atoms with Gasteiger partial charge in [0.2, 0.25) is 5.52 Å². The summed E-state index contributed by atoms with van der Waals surface area (Å²) < 4.78 is 17.4. The highest BCUT2D eigenvalue weighted by atomic mass is 16.7. The van der Waals surface area contributed by atoms with Crippen molar-refractivity contribution in [1.29, 1.82) is 0 Å². The Balaban J connectivity index is 2.93. The van der Waals surface area contributed by atoms with E-state index in [1.807, 2.05) is 7.05 Å². The third kappa shape index (κ3) is 2.53. The van der Waals surface area contributed by atoms with Crippen LogP contribution in [0.3, 0.4) is 0 Å². The minimum atomic E-state index is -0.695. The molecule has 0 spiro atoms. The molecule has 7 heteroatoms. The maximum absolute atomic E-state index is 11.5. The van der Waals surface area contributed by atoms with Crippen LogP contribution in [0.1, 0.15) is 11.9 Å². The lowest BCUT2D eigenvalue weighted by atomic mass is 10.1. The van der Waals surface area contributed by atoms with Crippen LogP contribution in [0.2, 0.25) is 0 Å². The molecule has 0 amide bonds. The molecule has 0 fully saturated rings. The second-order valence-corrected chi connectivity index (χ2v) is 4.45. The molecule has 0 aliphatic carbocycles. The van der Waals surface area contributed by atoms with Gasteiger partial charge in [0.25, 0.3) is 0 Å². The molecule has 0 unspecified atom stereocenters. The molecular weight excluding hydrogens is 276 g/mol. The Kier molecular flexibility index (Phi) is 4.35. The molecule has 0 N–H and O–H groups in total. The Morgan fingerprint density at radius 1 is 1.19 bits per heavy atom. The molecule has 0 aliphatic rings. The van der Waals surface area contributed by atoms with Gasteiger partial charge < -0.3 is 14.2 Å². The van der Waals surface area contributed by atoms with E-state index in [0.29, 0.717) is 16.5 Å². The number of aromatic nitrogens is 1. The van der Waals surface area contributed by atoms with E-state index in [2.05, 4.69) is 0 Å². The van der Waals surface area contributed by atoms with Crippen molar-refractivity contribution in [3.8, 4) is 5.75 Å². The smallest absolute Gasteiger partial charge is 0.325 e. The minimum Gasteiger partial charge on any atom is -0.490 e. The Morgan fingerprint density at radius 3 is 2.38 bits per heavy atom. The normalized spacial score (nSPS) is 11.1. The van der Waals surface area contributed by atoms with E-state index >= 15 is 0 Å². The number of rotatable bonds is 5. The van der Waals surface area contributed by atoms with Crippen LogP contribution in [0.15, 0.2) is 24.4 Å². The van der Waals surface area contributed by atoms with Gasteiger partial charge in [-0.25, -0.2) is 4.57 Å². The van der Waals surface area contributed by atoms with E-state index in [0.717, 1.165) is 0 Å². The van der Waals surface area contributed by atoms with E-state index in [-0.39, 0.29) is 11.4 Å². The first-order valence-electron chi connectivity index (χ1n) is 6.24. The zero-order valence-corrected chi connectivity index (χ0v) is 12.3. The van der Waals surface area contributed by atoms with Crippen molar-refractivity contribution >= 4 is 16.6 Å². The minimum absolute atomic E-state index is 0.0969. The summed E-state index contributed by atoms with van der Waals surface area (Å²) in [4.78, 5) is 11.0. The summed E-state index contributed by atoms with van der Waals surface area (Å²) in [5.41, 5.74) is 1.18. The largest absolute Gasteiger partial charge is 0.490 e. The van der Waals surface area contributed by atoms with Crippen LogP contribution in [0.4, 0.5) is 5.69 Å². The summed E-state index contributed by atoms with van der Waals surface area (Å²) in [6, 6.07) is 5.10. The van der Waals surface area contributed by atoms with Crippen LogP contribution in [0.5, 0.6) is 5.75 Å². The van der Waals surface area contributed by atoms with Crippen molar-refractivity contribution in [2.45, 2.75) is 6.29 Å². The number of methoxy groups -OCH3 is 3. The summed E-state index contributed by atoms with van der Waals surface area (Å²) in [5, 5.41) is 11.9. The Bertz CT molecular complexity index is 683. The summed E-state index contributed by atoms with van der Waals surface area (Å²) in [7, 11) is 6.19. The van der Waals surface area contributed by atoms with Gasteiger partial charge in [0, 0.05) is 31.9 Å². The summed E-state index contributed by atoms with van der Waals surface area (Å²) >= 11 is 0. The molecule has 112 valence electrons. The highest BCUT2D eigenvalue weighted by Crippen LogP contribution is 2.38. The fraction of sp³-hybridized carbons (Fsp3) is 0.357. The summed E-state index contributed by atoms with van der Waals surface area (Å²) in [6.45, 7) is 0. The van der Waals surface area contributed by atoms with Crippen molar-refractivity contribution in [1.82, 2.24) is 0 Å². The SMILES string of the molecule is COc1ccc2c(c(C(OC)OC)cc[n+]2C)c1[N+](=O)[O-]. The lowest BCUT2D eigenvalue weighted by Gasteiger charge is -2.15. The van der Waals surface area contributed by atoms with Crippen LogP contribution >= 0.6 is 0 Å². The Hall–Kier alpha value is -2.25. The van der Waals surface area contributed by atoms with Gasteiger partial charge in [-0.1, -0.05) is 0 Å². The topological polar surface area (TPSA) is 74.7 Å². The number of ether oxygens (including phenoxy) is 3. The predicted molar refractivity (Wildman–Crippen MR) is 75.1 cm³/mol. The van der Waals surface area contributed by atoms with Crippen LogP contribution in [-0.2, 0) is 16.5 Å². The van der Waals surface area contributed by atoms with Gasteiger partial charge in [0.05, 0.1) is 12.0 Å². The van der Waals surface area contributed by atoms with E-state index in [1.54, 1.807) is 29.0 Å². The number of pyridine rings is 1. The van der Waals surface area contributed by atoms with Crippen molar-refractivity contribution in [3.63, 3.8) is 0 Å². The highest BCUT2D eigenvalue weighted by Gasteiger charge is 2.29. The molecule has 7 nitrogen and oxygen atoms in total. The average molecular weight is 293 g/mol. The molecule has 0 atom stereocenters. The third-order valence-corrected chi connectivity index (χ3v) is 3.35. The number of aryl methyl sites for hydroxylation is 1. The second-order valence-electron chi connectivity index (χ2n) is 4.45. The molecule has 1 aromatic carbocycles. The number of hydrogen-bond acceptors (Lipinski definition) is 5. The third-order valence-electron chi connectivity index (χ3n) is 3.35. The van der Waals surface area contributed by atoms with Crippen LogP contribution in [-0.4, -0.2) is 26.3 Å². The molecular formula is C14H17N2O5+. The number of fused-ring (bicyclic) bond motifs is 1. The van der Waals surface area contributed by atoms with Gasteiger partial charge >= 0.3 is 5.69 Å². The van der Waals surface area contributed by atoms with Crippen LogP contribution < -0.4 is 9.30 Å². The van der Waals surface area contributed by atoms with Gasteiger partial charge in [-0.05, 0) is 6.07 Å². The first-order valence-corrected chi connectivity index (χ1v) is 6.24. The van der Waals surface area contributed by atoms with Gasteiger partial charge in [0.15, 0.2) is 18.2 Å². The number of nitro groups is 1. The van der Waals surface area contributed by atoms with E-state index in [4.69, 9.17) is 14.2 Å². The molecule has 2 aromatic rings. The lowest BCUT2D eigenvalue weighted by molar-refractivity contribution is -0.645. The number of benzene rings is 1. The lowest BCUT2D eigenvalue weighted by Crippen LogP contribution is -2.29. The maximum atomic E-state index is 11.5. The van der Waals surface area contributed by atoms with Gasteiger partial charge in [-0.3, -0.25) is 10.1 Å². The molecule has 1 heterocycles. The van der Waals surface area contributed by atoms with E-state index in [9.17, 15) is 10.1 Å². The molecule has 0 aliphatic heterocycles. The molecule has 0 radical (unpaired) electrons. The monoisotopic (exact) mass is 293 g/mol. The Labute approximate surface area is 121 Å². The van der Waals surface area contributed by atoms with Gasteiger partial charge in [0.1, 0.15) is 12.4 Å². The molecule has 1 aromatic heterocycles. The van der Waals surface area contributed by atoms with Crippen molar-refractivity contribution in [3.05, 3.63) is 40.1 Å². The van der Waals surface area contributed by atoms with Gasteiger partial charge in [-0.2, -0.15) is 0 Å². The standard InChI is InChI=1S/C14H17N2O5/c1-15-8-7-9(14(20-3)21-4)12-10(15)5-6-11(19-2)13(12)16(17)18/h5-8,14H,1-4H3/q+1. The Morgan fingerprint density at radius 2 is 1.86 bits per heavy atom. The molecule has 0 saturated heterocycles. The molecule has 0 saturated carbocycles. The first-order chi connectivity index (χ1) is 10.0. The number of hydrogen-bond donors (Lipinski definition) is 0. The molecule has 0 bridgehead atoms. The summed E-state index contributed by atoms with van der Waals surface area (Å²) in [5.74, 6) is 0.200. The van der Waals surface area contributed by atoms with E-state index < -0.39 is 11.2 Å². The zero-order chi connectivity index (χ0) is 15.6. The van der Waals surface area contributed by atoms with Crippen molar-refractivity contribution in [2.75, 3.05) is 21.3 Å². The average Bonchev–Trinajstić information content (AvgIpc) is 2.49. The van der Waals surface area contributed by atoms with Gasteiger partial charge in [-0.15, -0.1) is 0 Å². The number of nitrogens with zero attached hydrogens (tertiary/aromatic N) is 2. The number of nitro benzene ring substituents is 1. The zero-order valence-electron chi connectivity index (χ0n) is 12.3. The fourth-order valence-electron chi connectivity index (χ4n) is 2.39. The van der Waals surface area contributed by atoms with Crippen molar-refractivity contribution in [2.24, 2.45) is 7.05 Å². The molecule has 2 rings (SSSR count). The first kappa shape index (κ1) is 15.1. The van der Waals surface area contributed by atoms with Crippen LogP contribution in [0.25, 0.3) is 10.9 Å². The maximum Gasteiger partial charge on any atom is 0.325 e. The highest BCUT2D eigenvalue weighted by molar-refractivity contribution is 5.92. The van der Waals surface area contributed by atoms with Crippen molar-refractivity contribution < 1.29 is 23.7 Å². The van der Waals surface area contributed by atoms with E-state index in [1.165, 1.54) is 21.3 Å². The molecule has 21 heavy (non-hydrogen) atoms. The fourth-order valence-corrected chi connectivity index (χ4v) is 2.39. The van der Waals surface area contributed by atoms with Crippen LogP contribution in [0, 0.1) is 10.1 Å². The predicted octanol–water partition coefficient (Wildman–Crippen LogP) is 1.87.